The topological polar surface area (TPSA) is 136 Å². The Morgan fingerprint density at radius 2 is 1.74 bits per heavy atom. The highest BCUT2D eigenvalue weighted by Crippen LogP contribution is 2.22. The van der Waals surface area contributed by atoms with Crippen LogP contribution in [0.4, 0.5) is 10.5 Å². The van der Waals surface area contributed by atoms with E-state index in [-0.39, 0.29) is 10.5 Å². The molecule has 0 aliphatic heterocycles. The van der Waals surface area contributed by atoms with E-state index in [1.54, 1.807) is 35.6 Å². The van der Waals surface area contributed by atoms with Gasteiger partial charge in [0.05, 0.1) is 16.1 Å². The van der Waals surface area contributed by atoms with Gasteiger partial charge in [0.15, 0.2) is 6.61 Å². The number of hydrogen-bond acceptors (Lipinski definition) is 6. The molecule has 0 fully saturated rings. The van der Waals surface area contributed by atoms with Crippen molar-refractivity contribution in [1.29, 1.82) is 0 Å². The lowest BCUT2D eigenvalue weighted by molar-refractivity contribution is -0.123. The lowest BCUT2D eigenvalue weighted by Gasteiger charge is -2.19. The first kappa shape index (κ1) is 19.9. The van der Waals surface area contributed by atoms with Gasteiger partial charge in [-0.25, -0.2) is 18.0 Å². The molecule has 3 amide bonds. The van der Waals surface area contributed by atoms with Crippen molar-refractivity contribution in [3.05, 3.63) is 60.2 Å². The molecule has 2 aromatic carbocycles. The van der Waals surface area contributed by atoms with E-state index in [4.69, 9.17) is 10.5 Å². The summed E-state index contributed by atoms with van der Waals surface area (Å²) in [6, 6.07) is 12.6. The van der Waals surface area contributed by atoms with Crippen LogP contribution in [0.5, 0.6) is 0 Å². The Balaban J connectivity index is 2.17. The second-order valence-corrected chi connectivity index (χ2v) is 7.29. The number of urea groups is 1. The fraction of sp³-hybridized carbons (Fsp3) is 0.118. The number of nitrogens with two attached hydrogens (primary N) is 1. The van der Waals surface area contributed by atoms with Crippen molar-refractivity contribution in [2.45, 2.75) is 4.90 Å². The van der Waals surface area contributed by atoms with Crippen LogP contribution in [0.1, 0.15) is 10.4 Å². The second kappa shape index (κ2) is 8.32. The summed E-state index contributed by atoms with van der Waals surface area (Å²) in [4.78, 5) is 33.7. The number of sulfonamides is 1. The van der Waals surface area contributed by atoms with Crippen LogP contribution in [0.25, 0.3) is 0 Å². The standard InChI is InChI=1S/C17H17N3O6S/c1-20(13-7-3-2-4-8-13)27(24,25)14-9-5-6-12(10-14)16(22)26-11-15(21)19-17(18)23/h2-10H,11H2,1H3,(H3,18,19,21,23). The van der Waals surface area contributed by atoms with Crippen LogP contribution < -0.4 is 15.4 Å². The van der Waals surface area contributed by atoms with Crippen LogP contribution in [-0.2, 0) is 19.6 Å². The highest BCUT2D eigenvalue weighted by atomic mass is 32.2. The van der Waals surface area contributed by atoms with Crippen LogP contribution in [0.15, 0.2) is 59.5 Å². The minimum absolute atomic E-state index is 0.0654. The van der Waals surface area contributed by atoms with E-state index in [1.165, 1.54) is 25.2 Å². The van der Waals surface area contributed by atoms with Gasteiger partial charge in [0.1, 0.15) is 0 Å². The third kappa shape index (κ3) is 5.05. The number of para-hydroxylation sites is 1. The van der Waals surface area contributed by atoms with E-state index in [9.17, 15) is 22.8 Å². The average molecular weight is 391 g/mol. The second-order valence-electron chi connectivity index (χ2n) is 5.32. The van der Waals surface area contributed by atoms with E-state index in [0.717, 1.165) is 10.4 Å². The van der Waals surface area contributed by atoms with Crippen molar-refractivity contribution >= 4 is 33.6 Å². The number of ether oxygens (including phenoxy) is 1. The SMILES string of the molecule is CN(c1ccccc1)S(=O)(=O)c1cccc(C(=O)OCC(=O)NC(N)=O)c1. The quantitative estimate of drug-likeness (QED) is 0.701. The molecule has 0 aliphatic rings. The molecule has 9 nitrogen and oxygen atoms in total. The van der Waals surface area contributed by atoms with Gasteiger partial charge >= 0.3 is 12.0 Å². The number of anilines is 1. The van der Waals surface area contributed by atoms with Crippen molar-refractivity contribution in [2.75, 3.05) is 18.0 Å². The molecule has 0 radical (unpaired) electrons. The fourth-order valence-electron chi connectivity index (χ4n) is 2.11. The average Bonchev–Trinajstić information content (AvgIpc) is 2.65. The van der Waals surface area contributed by atoms with E-state index >= 15 is 0 Å². The number of imide groups is 1. The maximum atomic E-state index is 12.8. The largest absolute Gasteiger partial charge is 0.452 e. The first-order valence-corrected chi connectivity index (χ1v) is 9.06. The van der Waals surface area contributed by atoms with Crippen LogP contribution in [-0.4, -0.2) is 40.0 Å². The Morgan fingerprint density at radius 3 is 2.37 bits per heavy atom. The lowest BCUT2D eigenvalue weighted by atomic mass is 10.2. The molecular formula is C17H17N3O6S. The Hall–Kier alpha value is -3.40. The number of rotatable bonds is 6. The van der Waals surface area contributed by atoms with E-state index in [1.807, 2.05) is 0 Å². The molecule has 0 atom stereocenters. The van der Waals surface area contributed by atoms with Crippen LogP contribution in [0.3, 0.4) is 0 Å². The van der Waals surface area contributed by atoms with Crippen LogP contribution >= 0.6 is 0 Å². The zero-order valence-corrected chi connectivity index (χ0v) is 15.1. The maximum Gasteiger partial charge on any atom is 0.338 e. The number of esters is 1. The molecule has 0 saturated carbocycles. The van der Waals surface area contributed by atoms with Gasteiger partial charge in [-0.15, -0.1) is 0 Å². The summed E-state index contributed by atoms with van der Waals surface area (Å²) in [5, 5.41) is 1.74. The number of primary amides is 1. The number of carbonyl (C=O) groups is 3. The summed E-state index contributed by atoms with van der Waals surface area (Å²) in [7, 11) is -2.52. The summed E-state index contributed by atoms with van der Waals surface area (Å²) in [6.07, 6.45) is 0. The number of amides is 3. The molecule has 0 aliphatic carbocycles. The van der Waals surface area contributed by atoms with Crippen molar-refractivity contribution < 1.29 is 27.5 Å². The molecule has 2 aromatic rings. The molecule has 3 N–H and O–H groups in total. The van der Waals surface area contributed by atoms with Gasteiger partial charge < -0.3 is 10.5 Å². The number of hydrogen-bond donors (Lipinski definition) is 2. The van der Waals surface area contributed by atoms with Crippen molar-refractivity contribution in [1.82, 2.24) is 5.32 Å². The molecule has 10 heteroatoms. The minimum atomic E-state index is -3.91. The summed E-state index contributed by atoms with van der Waals surface area (Å²) in [5.74, 6) is -1.82. The molecule has 0 saturated heterocycles. The predicted molar refractivity (Wildman–Crippen MR) is 96.5 cm³/mol. The Morgan fingerprint density at radius 1 is 1.07 bits per heavy atom. The van der Waals surface area contributed by atoms with Crippen molar-refractivity contribution in [2.24, 2.45) is 5.73 Å². The minimum Gasteiger partial charge on any atom is -0.452 e. The first-order chi connectivity index (χ1) is 12.7. The van der Waals surface area contributed by atoms with Crippen molar-refractivity contribution in [3.8, 4) is 0 Å². The highest BCUT2D eigenvalue weighted by molar-refractivity contribution is 7.92. The van der Waals surface area contributed by atoms with Gasteiger partial charge in [0, 0.05) is 7.05 Å². The molecule has 142 valence electrons. The van der Waals surface area contributed by atoms with E-state index in [2.05, 4.69) is 0 Å². The normalized spacial score (nSPS) is 10.7. The fourth-order valence-corrected chi connectivity index (χ4v) is 3.35. The predicted octanol–water partition coefficient (Wildman–Crippen LogP) is 0.863. The molecule has 0 aromatic heterocycles. The number of carbonyl (C=O) groups excluding carboxylic acids is 3. The van der Waals surface area contributed by atoms with Gasteiger partial charge in [-0.05, 0) is 30.3 Å². The molecular weight excluding hydrogens is 374 g/mol. The zero-order valence-electron chi connectivity index (χ0n) is 14.3. The van der Waals surface area contributed by atoms with E-state index < -0.39 is 34.5 Å². The number of nitrogens with one attached hydrogen (secondary N) is 1. The summed E-state index contributed by atoms with van der Waals surface area (Å²) in [6.45, 7) is -0.733. The van der Waals surface area contributed by atoms with Crippen LogP contribution in [0.2, 0.25) is 0 Å². The van der Waals surface area contributed by atoms with Gasteiger partial charge in [-0.3, -0.25) is 14.4 Å². The summed E-state index contributed by atoms with van der Waals surface area (Å²) in [5.41, 5.74) is 5.16. The third-order valence-electron chi connectivity index (χ3n) is 3.44. The monoisotopic (exact) mass is 391 g/mol. The highest BCUT2D eigenvalue weighted by Gasteiger charge is 2.22. The van der Waals surface area contributed by atoms with Gasteiger partial charge in [0.2, 0.25) is 0 Å². The van der Waals surface area contributed by atoms with Crippen molar-refractivity contribution in [3.63, 3.8) is 0 Å². The molecule has 0 bridgehead atoms. The first-order valence-electron chi connectivity index (χ1n) is 7.62. The van der Waals surface area contributed by atoms with Gasteiger partial charge in [-0.1, -0.05) is 24.3 Å². The number of benzene rings is 2. The molecule has 0 spiro atoms. The van der Waals surface area contributed by atoms with Crippen LogP contribution in [0, 0.1) is 0 Å². The van der Waals surface area contributed by atoms with Gasteiger partial charge in [-0.2, -0.15) is 0 Å². The van der Waals surface area contributed by atoms with E-state index in [0.29, 0.717) is 5.69 Å². The third-order valence-corrected chi connectivity index (χ3v) is 5.23. The summed E-state index contributed by atoms with van der Waals surface area (Å²) < 4.78 is 31.3. The Kier molecular flexibility index (Phi) is 6.14. The maximum absolute atomic E-state index is 12.8. The molecule has 27 heavy (non-hydrogen) atoms. The Bertz CT molecular complexity index is 960. The summed E-state index contributed by atoms with van der Waals surface area (Å²) >= 11 is 0. The van der Waals surface area contributed by atoms with Gasteiger partial charge in [0.25, 0.3) is 15.9 Å². The molecule has 0 heterocycles. The lowest BCUT2D eigenvalue weighted by Crippen LogP contribution is -2.37. The number of nitrogens with zero attached hydrogens (tertiary/aromatic N) is 1. The Labute approximate surface area is 155 Å². The smallest absolute Gasteiger partial charge is 0.338 e. The zero-order chi connectivity index (χ0) is 20.0. The molecule has 2 rings (SSSR count). The molecule has 0 unspecified atom stereocenters.